The summed E-state index contributed by atoms with van der Waals surface area (Å²) in [6.45, 7) is 10.4. The molecule has 0 aromatic heterocycles. The van der Waals surface area contributed by atoms with Crippen molar-refractivity contribution in [2.75, 3.05) is 19.6 Å². The van der Waals surface area contributed by atoms with Crippen LogP contribution in [-0.4, -0.2) is 0 Å². The van der Waals surface area contributed by atoms with Gasteiger partial charge in [0.15, 0.2) is 0 Å². The van der Waals surface area contributed by atoms with E-state index in [0.29, 0.717) is 27.9 Å². The fourth-order valence-corrected chi connectivity index (χ4v) is 5.47. The van der Waals surface area contributed by atoms with Crippen LogP contribution in [0, 0.1) is 13.3 Å². The Morgan fingerprint density at radius 1 is 0.370 bits per heavy atom. The zero-order valence-electron chi connectivity index (χ0n) is 24.5. The van der Waals surface area contributed by atoms with Crippen LogP contribution >= 0.6 is 53.7 Å². The predicted octanol–water partition coefficient (Wildman–Crippen LogP) is 11.1. The summed E-state index contributed by atoms with van der Waals surface area (Å²) in [5, 5.41) is 0. The summed E-state index contributed by atoms with van der Waals surface area (Å²) in [4.78, 5) is 9.03. The van der Waals surface area contributed by atoms with E-state index in [-0.39, 0.29) is 0 Å². The first-order chi connectivity index (χ1) is 22.6. The van der Waals surface area contributed by atoms with Crippen LogP contribution in [0.4, 0.5) is 22.7 Å². The van der Waals surface area contributed by atoms with Crippen molar-refractivity contribution in [1.82, 2.24) is 0 Å². The maximum atomic E-state index is 3.69. The molecule has 5 aromatic rings. The van der Waals surface area contributed by atoms with Crippen molar-refractivity contribution in [1.29, 1.82) is 0 Å². The molecule has 242 valence electrons. The van der Waals surface area contributed by atoms with Gasteiger partial charge in [-0.05, 0) is 34.4 Å². The fraction of sp³-hybridized carbons (Fsp3) is 0.111. The van der Waals surface area contributed by atoms with E-state index in [4.69, 9.17) is 0 Å². The van der Waals surface area contributed by atoms with Crippen LogP contribution in [-0.2, 0) is 54.1 Å². The molecule has 46 heavy (non-hydrogen) atoms. The van der Waals surface area contributed by atoms with E-state index < -0.39 is 0 Å². The molecule has 0 saturated carbocycles. The monoisotopic (exact) mass is 1050 g/mol. The van der Waals surface area contributed by atoms with Crippen LogP contribution in [0.15, 0.2) is 133 Å². The van der Waals surface area contributed by atoms with Crippen LogP contribution in [0.2, 0.25) is 0 Å². The zero-order chi connectivity index (χ0) is 32.1. The quantitative estimate of drug-likeness (QED) is 0.144. The van der Waals surface area contributed by atoms with Gasteiger partial charge in [0.05, 0.1) is 22.7 Å². The van der Waals surface area contributed by atoms with Gasteiger partial charge >= 0.3 is 81.6 Å². The Labute approximate surface area is 315 Å². The number of rotatable bonds is 8. The Bertz CT molecular complexity index is 1380. The summed E-state index contributed by atoms with van der Waals surface area (Å²) in [6, 6.07) is 47.2. The molecule has 0 aliphatic carbocycles. The first-order valence-electron chi connectivity index (χ1n) is 14.2. The van der Waals surface area contributed by atoms with E-state index in [2.05, 4.69) is 220 Å². The Hall–Kier alpha value is -1.46. The van der Waals surface area contributed by atoms with Crippen LogP contribution in [0.5, 0.6) is 0 Å². The predicted molar refractivity (Wildman–Crippen MR) is 199 cm³/mol. The van der Waals surface area contributed by atoms with E-state index in [1.54, 1.807) is 0 Å². The number of benzene rings is 5. The van der Waals surface area contributed by atoms with Crippen molar-refractivity contribution in [2.24, 2.45) is 0 Å². The average molecular weight is 1050 g/mol. The minimum atomic E-state index is 0.575. The molecular formula is C36H30Br4N4Pd2. The van der Waals surface area contributed by atoms with Gasteiger partial charge in [0.1, 0.15) is 0 Å². The average Bonchev–Trinajstić information content (AvgIpc) is 3.59. The summed E-state index contributed by atoms with van der Waals surface area (Å²) in [6.07, 6.45) is 0. The van der Waals surface area contributed by atoms with E-state index in [1.807, 2.05) is 0 Å². The molecule has 4 nitrogen and oxygen atoms in total. The Balaban J connectivity index is 0.000000647. The smallest absolute Gasteiger partial charge is 0.209 e. The number of halogens is 4. The summed E-state index contributed by atoms with van der Waals surface area (Å²) >= 11 is 13.6. The van der Waals surface area contributed by atoms with Crippen molar-refractivity contribution >= 4 is 76.5 Å². The van der Waals surface area contributed by atoms with E-state index in [9.17, 15) is 0 Å². The van der Waals surface area contributed by atoms with Crippen molar-refractivity contribution in [3.63, 3.8) is 0 Å². The van der Waals surface area contributed by atoms with Crippen molar-refractivity contribution in [3.05, 3.63) is 169 Å². The maximum absolute atomic E-state index is 3.69. The Kier molecular flexibility index (Phi) is 14.7. The molecule has 2 aliphatic rings. The third-order valence-corrected chi connectivity index (χ3v) is 7.45. The standard InChI is InChI=1S/C36H30N4.4BrH.2Pd/c1-5-13-29(14-6-1)23-37-27-38(24-30-15-7-2-8-16-30)34-22-36-35(21-33(34)37)39(25-31-17-9-3-10-18-31)28-40(36)26-32-19-11-4-12-20-32;;;;;;/h1-22H,23-26H2;4*1H;;/q;;;;;2*+2/p-4. The largest absolute Gasteiger partial charge is 0.335 e. The first-order valence-corrected chi connectivity index (χ1v) is 28.5. The van der Waals surface area contributed by atoms with Gasteiger partial charge in [-0.1, -0.05) is 121 Å². The molecule has 2 heterocycles. The second-order valence-electron chi connectivity index (χ2n) is 10.4. The molecule has 2 aliphatic heterocycles. The molecule has 10 heteroatoms. The van der Waals surface area contributed by atoms with Gasteiger partial charge in [0.2, 0.25) is 13.3 Å². The molecular weight excluding hydrogens is 1020 g/mol. The van der Waals surface area contributed by atoms with Gasteiger partial charge in [0, 0.05) is 26.2 Å². The number of fused-ring (bicyclic) bond motifs is 2. The number of anilines is 4. The number of hydrogen-bond acceptors (Lipinski definition) is 4. The van der Waals surface area contributed by atoms with Crippen LogP contribution in [0.1, 0.15) is 22.3 Å². The summed E-state index contributed by atoms with van der Waals surface area (Å²) in [7, 11) is 0. The van der Waals surface area contributed by atoms with Crippen molar-refractivity contribution in [2.45, 2.75) is 26.2 Å². The van der Waals surface area contributed by atoms with Gasteiger partial charge in [0.25, 0.3) is 0 Å². The van der Waals surface area contributed by atoms with E-state index in [1.165, 1.54) is 45.0 Å². The van der Waals surface area contributed by atoms with Gasteiger partial charge < -0.3 is 19.6 Å². The molecule has 0 saturated heterocycles. The molecule has 5 aromatic carbocycles. The van der Waals surface area contributed by atoms with Crippen LogP contribution < -0.4 is 19.6 Å². The molecule has 0 bridgehead atoms. The third-order valence-electron chi connectivity index (χ3n) is 7.45. The molecule has 0 spiro atoms. The second-order valence-corrected chi connectivity index (χ2v) is 24.7. The van der Waals surface area contributed by atoms with Gasteiger partial charge in [-0.2, -0.15) is 0 Å². The zero-order valence-corrected chi connectivity index (χ0v) is 33.9. The Morgan fingerprint density at radius 3 is 0.761 bits per heavy atom. The van der Waals surface area contributed by atoms with Crippen LogP contribution in [0.25, 0.3) is 0 Å². The molecule has 7 rings (SSSR count). The molecule has 0 atom stereocenters. The van der Waals surface area contributed by atoms with Gasteiger partial charge in [-0.15, -0.1) is 0 Å². The normalized spacial score (nSPS) is 13.1. The van der Waals surface area contributed by atoms with Gasteiger partial charge in [-0.3, -0.25) is 0 Å². The number of nitrogens with zero attached hydrogens (tertiary/aromatic N) is 4. The van der Waals surface area contributed by atoms with Gasteiger partial charge in [-0.25, -0.2) is 0 Å². The van der Waals surface area contributed by atoms with Crippen LogP contribution in [0.3, 0.4) is 0 Å². The second kappa shape index (κ2) is 18.9. The fourth-order valence-electron chi connectivity index (χ4n) is 5.47. The Morgan fingerprint density at radius 2 is 0.565 bits per heavy atom. The molecule has 0 fully saturated rings. The molecule has 0 N–H and O–H groups in total. The molecule has 4 radical (unpaired) electrons. The minimum absolute atomic E-state index is 0.575. The maximum Gasteiger partial charge on any atom is 0.209 e. The summed E-state index contributed by atoms with van der Waals surface area (Å²) < 4.78 is 0. The third kappa shape index (κ3) is 9.80. The molecule has 0 amide bonds. The van der Waals surface area contributed by atoms with Crippen molar-refractivity contribution < 1.29 is 27.9 Å². The molecule has 0 unspecified atom stereocenters. The number of hydrogen-bond donors (Lipinski definition) is 0. The topological polar surface area (TPSA) is 13.0 Å². The summed E-state index contributed by atoms with van der Waals surface area (Å²) in [5.41, 5.74) is 9.70. The minimum Gasteiger partial charge on any atom is -0.335 e. The summed E-state index contributed by atoms with van der Waals surface area (Å²) in [5.74, 6) is 0. The first kappa shape index (κ1) is 35.8. The van der Waals surface area contributed by atoms with E-state index >= 15 is 0 Å². The van der Waals surface area contributed by atoms with E-state index in [0.717, 1.165) is 26.2 Å². The van der Waals surface area contributed by atoms with Crippen molar-refractivity contribution in [3.8, 4) is 0 Å². The SMILES string of the molecule is [Br][Pd][Br].[Br][Pd][Br].[C]1N(Cc2ccccc2)c2cc3c(cc2N1Cc1ccccc1)N(Cc1ccccc1)[C]N3Cc1ccccc1.